The Labute approximate surface area is 94.5 Å². The Bertz CT molecular complexity index is 500. The number of benzene rings is 1. The van der Waals surface area contributed by atoms with Crippen LogP contribution in [0.2, 0.25) is 0 Å². The maximum atomic E-state index is 11.4. The number of methoxy groups -OCH3 is 1. The first kappa shape index (κ1) is 12.4. The number of rotatable bonds is 3. The van der Waals surface area contributed by atoms with Crippen LogP contribution in [-0.2, 0) is 19.4 Å². The minimum Gasteiger partial charge on any atom is -0.465 e. The molecule has 0 atom stereocenters. The van der Waals surface area contributed by atoms with Gasteiger partial charge in [-0.3, -0.25) is 0 Å². The third-order valence-corrected chi connectivity index (χ3v) is 2.97. The zero-order valence-electron chi connectivity index (χ0n) is 9.01. The van der Waals surface area contributed by atoms with Gasteiger partial charge in [0.05, 0.1) is 7.11 Å². The van der Waals surface area contributed by atoms with Crippen LogP contribution in [0, 0.1) is 0 Å². The molecule has 86 valence electrons. The molecule has 16 heavy (non-hydrogen) atoms. The van der Waals surface area contributed by atoms with Crippen LogP contribution < -0.4 is 0 Å². The van der Waals surface area contributed by atoms with Crippen molar-refractivity contribution >= 4 is 21.9 Å². The number of ether oxygens (including phenoxy) is 1. The van der Waals surface area contributed by atoms with Gasteiger partial charge in [0.1, 0.15) is 0 Å². The first-order valence-electron chi connectivity index (χ1n) is 4.50. The molecule has 0 N–H and O–H groups in total. The van der Waals surface area contributed by atoms with Gasteiger partial charge in [0.25, 0.3) is 0 Å². The van der Waals surface area contributed by atoms with Crippen molar-refractivity contribution in [2.24, 2.45) is 0 Å². The summed E-state index contributed by atoms with van der Waals surface area (Å²) in [5, 5.41) is 0. The van der Waals surface area contributed by atoms with Gasteiger partial charge in [-0.25, -0.2) is 13.2 Å². The smallest absolute Gasteiger partial charge is 0.349 e. The van der Waals surface area contributed by atoms with Gasteiger partial charge in [-0.15, -0.1) is 0 Å². The molecule has 0 aliphatic rings. The van der Waals surface area contributed by atoms with Crippen LogP contribution in [0.15, 0.2) is 35.2 Å². The van der Waals surface area contributed by atoms with Crippen LogP contribution in [0.4, 0.5) is 0 Å². The summed E-state index contributed by atoms with van der Waals surface area (Å²) in [5.41, 5.74) is 0.633. The molecular formula is C11H12O4S. The molecule has 0 aliphatic heterocycles. The van der Waals surface area contributed by atoms with E-state index in [0.29, 0.717) is 5.56 Å². The highest BCUT2D eigenvalue weighted by Crippen LogP contribution is 2.12. The maximum Gasteiger partial charge on any atom is 0.349 e. The Hall–Kier alpha value is -1.62. The monoisotopic (exact) mass is 240 g/mol. The second kappa shape index (κ2) is 4.94. The summed E-state index contributed by atoms with van der Waals surface area (Å²) in [6, 6.07) is 8.71. The molecule has 4 nitrogen and oxygen atoms in total. The van der Waals surface area contributed by atoms with E-state index >= 15 is 0 Å². The van der Waals surface area contributed by atoms with Crippen molar-refractivity contribution < 1.29 is 17.9 Å². The van der Waals surface area contributed by atoms with Crippen LogP contribution in [0.3, 0.4) is 0 Å². The van der Waals surface area contributed by atoms with Gasteiger partial charge < -0.3 is 4.74 Å². The molecule has 0 amide bonds. The highest BCUT2D eigenvalue weighted by molar-refractivity contribution is 7.95. The zero-order chi connectivity index (χ0) is 12.2. The molecule has 0 saturated carbocycles. The number of hydrogen-bond acceptors (Lipinski definition) is 4. The van der Waals surface area contributed by atoms with Gasteiger partial charge in [-0.05, 0) is 11.6 Å². The van der Waals surface area contributed by atoms with Gasteiger partial charge >= 0.3 is 5.97 Å². The molecule has 0 radical (unpaired) electrons. The lowest BCUT2D eigenvalue weighted by Crippen LogP contribution is -2.13. The van der Waals surface area contributed by atoms with E-state index in [1.807, 2.05) is 0 Å². The van der Waals surface area contributed by atoms with Crippen molar-refractivity contribution in [2.45, 2.75) is 0 Å². The summed E-state index contributed by atoms with van der Waals surface area (Å²) in [6.45, 7) is 0. The fourth-order valence-electron chi connectivity index (χ4n) is 1.12. The number of sulfone groups is 1. The molecule has 5 heteroatoms. The predicted molar refractivity (Wildman–Crippen MR) is 61.3 cm³/mol. The SMILES string of the molecule is COC(=O)/C(=C\c1ccccc1)S(C)(=O)=O. The van der Waals surface area contributed by atoms with Crippen LogP contribution in [-0.4, -0.2) is 27.8 Å². The van der Waals surface area contributed by atoms with Crippen LogP contribution >= 0.6 is 0 Å². The molecule has 0 heterocycles. The molecule has 0 saturated heterocycles. The molecule has 1 aromatic rings. The van der Waals surface area contributed by atoms with Crippen molar-refractivity contribution in [2.75, 3.05) is 13.4 Å². The summed E-state index contributed by atoms with van der Waals surface area (Å²) < 4.78 is 27.2. The molecule has 0 unspecified atom stereocenters. The lowest BCUT2D eigenvalue weighted by molar-refractivity contribution is -0.135. The fourth-order valence-corrected chi connectivity index (χ4v) is 1.85. The summed E-state index contributed by atoms with van der Waals surface area (Å²) in [4.78, 5) is 10.9. The first-order valence-corrected chi connectivity index (χ1v) is 6.39. The molecule has 0 spiro atoms. The van der Waals surface area contributed by atoms with Crippen LogP contribution in [0.1, 0.15) is 5.56 Å². The summed E-state index contributed by atoms with van der Waals surface area (Å²) >= 11 is 0. The van der Waals surface area contributed by atoms with Crippen molar-refractivity contribution in [3.8, 4) is 0 Å². The van der Waals surface area contributed by atoms with Crippen molar-refractivity contribution in [1.29, 1.82) is 0 Å². The molecule has 0 fully saturated rings. The number of hydrogen-bond donors (Lipinski definition) is 0. The van der Waals surface area contributed by atoms with Gasteiger partial charge in [0.2, 0.25) is 0 Å². The highest BCUT2D eigenvalue weighted by Gasteiger charge is 2.20. The van der Waals surface area contributed by atoms with E-state index in [4.69, 9.17) is 0 Å². The normalized spacial score (nSPS) is 12.2. The number of carbonyl (C=O) groups excluding carboxylic acids is 1. The van der Waals surface area contributed by atoms with Gasteiger partial charge in [-0.1, -0.05) is 30.3 Å². The Balaban J connectivity index is 3.23. The van der Waals surface area contributed by atoms with Crippen LogP contribution in [0.25, 0.3) is 6.08 Å². The second-order valence-corrected chi connectivity index (χ2v) is 5.17. The Morgan fingerprint density at radius 2 is 1.81 bits per heavy atom. The topological polar surface area (TPSA) is 60.4 Å². The molecule has 0 aliphatic carbocycles. The van der Waals surface area contributed by atoms with Crippen molar-refractivity contribution in [1.82, 2.24) is 0 Å². The molecule has 0 aromatic heterocycles. The lowest BCUT2D eigenvalue weighted by Gasteiger charge is -2.02. The molecule has 1 rings (SSSR count). The minimum atomic E-state index is -3.59. The third kappa shape index (κ3) is 3.20. The predicted octanol–water partition coefficient (Wildman–Crippen LogP) is 1.25. The standard InChI is InChI=1S/C11H12O4S/c1-15-11(12)10(16(2,13)14)8-9-6-4-3-5-7-9/h3-8H,1-2H3/b10-8+. The van der Waals surface area contributed by atoms with E-state index in [1.165, 1.54) is 6.08 Å². The molecule has 0 bridgehead atoms. The van der Waals surface area contributed by atoms with E-state index in [1.54, 1.807) is 30.3 Å². The zero-order valence-corrected chi connectivity index (χ0v) is 9.82. The van der Waals surface area contributed by atoms with E-state index in [2.05, 4.69) is 4.74 Å². The maximum absolute atomic E-state index is 11.4. The first-order chi connectivity index (χ1) is 7.45. The quantitative estimate of drug-likeness (QED) is 0.589. The Morgan fingerprint density at radius 3 is 2.25 bits per heavy atom. The summed E-state index contributed by atoms with van der Waals surface area (Å²) in [5.74, 6) is -0.855. The average Bonchev–Trinajstić information content (AvgIpc) is 2.25. The van der Waals surface area contributed by atoms with Gasteiger partial charge in [0, 0.05) is 6.26 Å². The highest BCUT2D eigenvalue weighted by atomic mass is 32.2. The van der Waals surface area contributed by atoms with Gasteiger partial charge in [-0.2, -0.15) is 0 Å². The van der Waals surface area contributed by atoms with E-state index in [-0.39, 0.29) is 4.91 Å². The summed E-state index contributed by atoms with van der Waals surface area (Å²) in [6.07, 6.45) is 2.26. The van der Waals surface area contributed by atoms with E-state index < -0.39 is 15.8 Å². The van der Waals surface area contributed by atoms with Crippen molar-refractivity contribution in [3.05, 3.63) is 40.8 Å². The Kier molecular flexibility index (Phi) is 3.84. The van der Waals surface area contributed by atoms with E-state index in [0.717, 1.165) is 13.4 Å². The van der Waals surface area contributed by atoms with Crippen LogP contribution in [0.5, 0.6) is 0 Å². The number of esters is 1. The second-order valence-electron chi connectivity index (χ2n) is 3.18. The number of carbonyl (C=O) groups is 1. The minimum absolute atomic E-state index is 0.346. The van der Waals surface area contributed by atoms with Crippen molar-refractivity contribution in [3.63, 3.8) is 0 Å². The third-order valence-electron chi connectivity index (χ3n) is 1.88. The average molecular weight is 240 g/mol. The largest absolute Gasteiger partial charge is 0.465 e. The molecule has 1 aromatic carbocycles. The van der Waals surface area contributed by atoms with E-state index in [9.17, 15) is 13.2 Å². The fraction of sp³-hybridized carbons (Fsp3) is 0.182. The Morgan fingerprint density at radius 1 is 1.25 bits per heavy atom. The van der Waals surface area contributed by atoms with Gasteiger partial charge in [0.15, 0.2) is 14.7 Å². The lowest BCUT2D eigenvalue weighted by atomic mass is 10.2. The summed E-state index contributed by atoms with van der Waals surface area (Å²) in [7, 11) is -2.44. The molecular weight excluding hydrogens is 228 g/mol.